The number of amides is 1. The summed E-state index contributed by atoms with van der Waals surface area (Å²) in [6, 6.07) is 9.82. The quantitative estimate of drug-likeness (QED) is 0.483. The first-order valence-corrected chi connectivity index (χ1v) is 7.29. The Labute approximate surface area is 135 Å². The van der Waals surface area contributed by atoms with Crippen molar-refractivity contribution in [1.29, 1.82) is 0 Å². The highest BCUT2D eigenvalue weighted by Gasteiger charge is 2.12. The predicted molar refractivity (Wildman–Crippen MR) is 89.7 cm³/mol. The fraction of sp³-hybridized carbons (Fsp3) is 0.133. The number of nitrogens with one attached hydrogen (secondary N) is 1. The molecule has 0 radical (unpaired) electrons. The smallest absolute Gasteiger partial charge is 0.269 e. The zero-order valence-electron chi connectivity index (χ0n) is 11.5. The number of anilines is 1. The summed E-state index contributed by atoms with van der Waals surface area (Å²) in [5.41, 5.74) is 2.90. The molecule has 0 aliphatic rings. The molecular formula is C15H13IN2O3. The minimum atomic E-state index is -0.457. The van der Waals surface area contributed by atoms with E-state index in [1.807, 2.05) is 19.1 Å². The zero-order chi connectivity index (χ0) is 15.6. The highest BCUT2D eigenvalue weighted by molar-refractivity contribution is 14.1. The van der Waals surface area contributed by atoms with Crippen LogP contribution in [-0.4, -0.2) is 10.8 Å². The lowest BCUT2D eigenvalue weighted by molar-refractivity contribution is -0.384. The summed E-state index contributed by atoms with van der Waals surface area (Å²) in [7, 11) is 0. The highest BCUT2D eigenvalue weighted by atomic mass is 127. The van der Waals surface area contributed by atoms with Gasteiger partial charge < -0.3 is 5.32 Å². The van der Waals surface area contributed by atoms with E-state index in [1.54, 1.807) is 19.1 Å². The second-order valence-corrected chi connectivity index (χ2v) is 5.84. The fourth-order valence-electron chi connectivity index (χ4n) is 1.83. The monoisotopic (exact) mass is 396 g/mol. The van der Waals surface area contributed by atoms with Crippen molar-refractivity contribution in [3.05, 3.63) is 66.8 Å². The summed E-state index contributed by atoms with van der Waals surface area (Å²) < 4.78 is 1.01. The van der Waals surface area contributed by atoms with Gasteiger partial charge in [-0.05, 0) is 65.8 Å². The Kier molecular flexibility index (Phi) is 4.56. The van der Waals surface area contributed by atoms with Crippen molar-refractivity contribution in [1.82, 2.24) is 0 Å². The van der Waals surface area contributed by atoms with Gasteiger partial charge in [0.1, 0.15) is 0 Å². The SMILES string of the molecule is Cc1ccc(C(=O)Nc2ccc([N+](=O)[O-])cc2C)cc1I. The van der Waals surface area contributed by atoms with Crippen LogP contribution in [0, 0.1) is 27.5 Å². The molecule has 0 fully saturated rings. The molecule has 0 saturated carbocycles. The molecule has 108 valence electrons. The molecule has 0 atom stereocenters. The maximum atomic E-state index is 12.2. The first kappa shape index (κ1) is 15.4. The molecule has 2 rings (SSSR count). The Hall–Kier alpha value is -1.96. The lowest BCUT2D eigenvalue weighted by atomic mass is 10.1. The molecule has 2 aromatic carbocycles. The number of carbonyl (C=O) groups is 1. The van der Waals surface area contributed by atoms with Crippen molar-refractivity contribution >= 4 is 39.9 Å². The molecule has 0 heterocycles. The molecule has 0 aromatic heterocycles. The van der Waals surface area contributed by atoms with Gasteiger partial charge in [0, 0.05) is 27.0 Å². The van der Waals surface area contributed by atoms with Gasteiger partial charge in [-0.3, -0.25) is 14.9 Å². The van der Waals surface area contributed by atoms with Gasteiger partial charge >= 0.3 is 0 Å². The molecule has 2 aromatic rings. The van der Waals surface area contributed by atoms with Crippen molar-refractivity contribution in [2.45, 2.75) is 13.8 Å². The van der Waals surface area contributed by atoms with E-state index in [-0.39, 0.29) is 11.6 Å². The Morgan fingerprint density at radius 2 is 1.86 bits per heavy atom. The maximum absolute atomic E-state index is 12.2. The fourth-order valence-corrected chi connectivity index (χ4v) is 2.35. The molecule has 1 N–H and O–H groups in total. The van der Waals surface area contributed by atoms with E-state index < -0.39 is 4.92 Å². The highest BCUT2D eigenvalue weighted by Crippen LogP contribution is 2.22. The number of non-ortho nitro benzene ring substituents is 1. The minimum Gasteiger partial charge on any atom is -0.322 e. The molecule has 1 amide bonds. The van der Waals surface area contributed by atoms with Crippen molar-refractivity contribution in [3.8, 4) is 0 Å². The van der Waals surface area contributed by atoms with Gasteiger partial charge in [-0.1, -0.05) is 6.07 Å². The topological polar surface area (TPSA) is 72.2 Å². The van der Waals surface area contributed by atoms with Crippen LogP contribution in [0.1, 0.15) is 21.5 Å². The summed E-state index contributed by atoms with van der Waals surface area (Å²) >= 11 is 2.18. The van der Waals surface area contributed by atoms with Crippen LogP contribution in [0.3, 0.4) is 0 Å². The van der Waals surface area contributed by atoms with Gasteiger partial charge in [-0.25, -0.2) is 0 Å². The third kappa shape index (κ3) is 3.57. The second kappa shape index (κ2) is 6.21. The van der Waals surface area contributed by atoms with Gasteiger partial charge in [0.2, 0.25) is 0 Å². The standard InChI is InChI=1S/C15H13IN2O3/c1-9-3-4-11(8-13(9)16)15(19)17-14-6-5-12(18(20)21)7-10(14)2/h3-8H,1-2H3,(H,17,19). The second-order valence-electron chi connectivity index (χ2n) is 4.67. The van der Waals surface area contributed by atoms with Gasteiger partial charge in [-0.2, -0.15) is 0 Å². The minimum absolute atomic E-state index is 0.00961. The molecule has 21 heavy (non-hydrogen) atoms. The van der Waals surface area contributed by atoms with Crippen LogP contribution in [0.15, 0.2) is 36.4 Å². The lowest BCUT2D eigenvalue weighted by Crippen LogP contribution is -2.13. The Bertz CT molecular complexity index is 729. The van der Waals surface area contributed by atoms with E-state index in [0.29, 0.717) is 16.8 Å². The summed E-state index contributed by atoms with van der Waals surface area (Å²) in [4.78, 5) is 22.4. The van der Waals surface area contributed by atoms with Crippen molar-refractivity contribution in [3.63, 3.8) is 0 Å². The third-order valence-corrected chi connectivity index (χ3v) is 4.27. The summed E-state index contributed by atoms with van der Waals surface area (Å²) in [6.07, 6.45) is 0. The van der Waals surface area contributed by atoms with Gasteiger partial charge in [0.25, 0.3) is 11.6 Å². The van der Waals surface area contributed by atoms with Crippen molar-refractivity contribution in [2.75, 3.05) is 5.32 Å². The summed E-state index contributed by atoms with van der Waals surface area (Å²) in [6.45, 7) is 3.70. The van der Waals surface area contributed by atoms with E-state index in [1.165, 1.54) is 12.1 Å². The van der Waals surface area contributed by atoms with Gasteiger partial charge in [0.05, 0.1) is 4.92 Å². The number of nitro groups is 1. The van der Waals surface area contributed by atoms with Gasteiger partial charge in [-0.15, -0.1) is 0 Å². The van der Waals surface area contributed by atoms with Crippen LogP contribution >= 0.6 is 22.6 Å². The molecule has 0 saturated heterocycles. The molecular weight excluding hydrogens is 383 g/mol. The molecule has 0 bridgehead atoms. The van der Waals surface area contributed by atoms with Crippen LogP contribution in [-0.2, 0) is 0 Å². The molecule has 0 aliphatic carbocycles. The van der Waals surface area contributed by atoms with Crippen molar-refractivity contribution < 1.29 is 9.72 Å². The average molecular weight is 396 g/mol. The molecule has 0 spiro atoms. The molecule has 0 aliphatic heterocycles. The zero-order valence-corrected chi connectivity index (χ0v) is 13.7. The van der Waals surface area contributed by atoms with E-state index in [0.717, 1.165) is 9.13 Å². The average Bonchev–Trinajstić information content (AvgIpc) is 2.43. The van der Waals surface area contributed by atoms with Crippen molar-refractivity contribution in [2.24, 2.45) is 0 Å². The number of carbonyl (C=O) groups excluding carboxylic acids is 1. The van der Waals surface area contributed by atoms with Crippen LogP contribution in [0.25, 0.3) is 0 Å². The molecule has 0 unspecified atom stereocenters. The Balaban J connectivity index is 2.23. The molecule has 5 nitrogen and oxygen atoms in total. The maximum Gasteiger partial charge on any atom is 0.269 e. The van der Waals surface area contributed by atoms with E-state index in [4.69, 9.17) is 0 Å². The number of hydrogen-bond donors (Lipinski definition) is 1. The van der Waals surface area contributed by atoms with E-state index in [9.17, 15) is 14.9 Å². The summed E-state index contributed by atoms with van der Waals surface area (Å²) in [5.74, 6) is -0.232. The number of hydrogen-bond acceptors (Lipinski definition) is 3. The van der Waals surface area contributed by atoms with Crippen LogP contribution in [0.4, 0.5) is 11.4 Å². The van der Waals surface area contributed by atoms with Crippen LogP contribution < -0.4 is 5.32 Å². The number of nitro benzene ring substituents is 1. The van der Waals surface area contributed by atoms with Gasteiger partial charge in [0.15, 0.2) is 0 Å². The number of nitrogens with zero attached hydrogens (tertiary/aromatic N) is 1. The van der Waals surface area contributed by atoms with Crippen LogP contribution in [0.2, 0.25) is 0 Å². The predicted octanol–water partition coefficient (Wildman–Crippen LogP) is 4.07. The normalized spacial score (nSPS) is 10.2. The number of rotatable bonds is 3. The Morgan fingerprint density at radius 3 is 2.43 bits per heavy atom. The van der Waals surface area contributed by atoms with E-state index >= 15 is 0 Å². The van der Waals surface area contributed by atoms with Crippen LogP contribution in [0.5, 0.6) is 0 Å². The largest absolute Gasteiger partial charge is 0.322 e. The number of benzene rings is 2. The Morgan fingerprint density at radius 1 is 1.14 bits per heavy atom. The third-order valence-electron chi connectivity index (χ3n) is 3.10. The first-order chi connectivity index (χ1) is 9.88. The summed E-state index contributed by atoms with van der Waals surface area (Å²) in [5, 5.41) is 13.5. The number of halogens is 1. The first-order valence-electron chi connectivity index (χ1n) is 6.21. The lowest BCUT2D eigenvalue weighted by Gasteiger charge is -2.09. The molecule has 6 heteroatoms. The van der Waals surface area contributed by atoms with E-state index in [2.05, 4.69) is 27.9 Å². The number of aryl methyl sites for hydroxylation is 2.